The first-order valence-corrected chi connectivity index (χ1v) is 7.78. The highest BCUT2D eigenvalue weighted by atomic mass is 16.5. The fourth-order valence-corrected chi connectivity index (χ4v) is 2.10. The van der Waals surface area contributed by atoms with E-state index in [1.165, 1.54) is 0 Å². The number of ether oxygens (including phenoxy) is 1. The van der Waals surface area contributed by atoms with Crippen molar-refractivity contribution in [2.45, 2.75) is 26.4 Å². The first-order chi connectivity index (χ1) is 11.2. The number of aldehydes is 1. The summed E-state index contributed by atoms with van der Waals surface area (Å²) >= 11 is 0. The summed E-state index contributed by atoms with van der Waals surface area (Å²) in [6, 6.07) is 14.4. The number of carbonyl (C=O) groups excluding carboxylic acids is 2. The molecule has 2 aromatic carbocycles. The molecule has 0 saturated carbocycles. The molecule has 4 heteroatoms. The summed E-state index contributed by atoms with van der Waals surface area (Å²) in [7, 11) is 0. The van der Waals surface area contributed by atoms with E-state index in [1.54, 1.807) is 30.3 Å². The largest absolute Gasteiger partial charge is 0.488 e. The van der Waals surface area contributed by atoms with Crippen LogP contribution in [0, 0.1) is 0 Å². The first-order valence-electron chi connectivity index (χ1n) is 7.78. The molecule has 1 N–H and O–H groups in total. The van der Waals surface area contributed by atoms with Gasteiger partial charge in [-0.3, -0.25) is 9.59 Å². The molecule has 23 heavy (non-hydrogen) atoms. The monoisotopic (exact) mass is 311 g/mol. The number of unbranched alkanes of at least 4 members (excludes halogenated alkanes) is 1. The van der Waals surface area contributed by atoms with Gasteiger partial charge in [0.25, 0.3) is 5.91 Å². The van der Waals surface area contributed by atoms with Gasteiger partial charge in [-0.2, -0.15) is 0 Å². The lowest BCUT2D eigenvalue weighted by Crippen LogP contribution is -2.24. The summed E-state index contributed by atoms with van der Waals surface area (Å²) in [5.41, 5.74) is 2.10. The number of nitrogens with one attached hydrogen (secondary N) is 1. The molecule has 2 rings (SSSR count). The summed E-state index contributed by atoms with van der Waals surface area (Å²) in [6.45, 7) is 3.13. The predicted molar refractivity (Wildman–Crippen MR) is 89.8 cm³/mol. The van der Waals surface area contributed by atoms with Gasteiger partial charge in [-0.25, -0.2) is 0 Å². The van der Waals surface area contributed by atoms with Gasteiger partial charge in [-0.15, -0.1) is 0 Å². The third-order valence-electron chi connectivity index (χ3n) is 3.47. The van der Waals surface area contributed by atoms with Crippen LogP contribution in [0.4, 0.5) is 0 Å². The van der Waals surface area contributed by atoms with Gasteiger partial charge in [0.2, 0.25) is 0 Å². The summed E-state index contributed by atoms with van der Waals surface area (Å²) in [4.78, 5) is 22.9. The molecule has 0 radical (unpaired) electrons. The molecule has 0 aliphatic rings. The SMILES string of the molecule is CCCCNC(=O)c1ccc(COc2ccccc2C=O)cc1. The molecule has 0 unspecified atom stereocenters. The summed E-state index contributed by atoms with van der Waals surface area (Å²) in [5, 5.41) is 2.88. The fourth-order valence-electron chi connectivity index (χ4n) is 2.10. The van der Waals surface area contributed by atoms with Crippen molar-refractivity contribution in [3.05, 3.63) is 65.2 Å². The molecule has 4 nitrogen and oxygen atoms in total. The Balaban J connectivity index is 1.92. The Morgan fingerprint density at radius 3 is 2.57 bits per heavy atom. The smallest absolute Gasteiger partial charge is 0.251 e. The van der Waals surface area contributed by atoms with Crippen LogP contribution in [0.5, 0.6) is 5.75 Å². The van der Waals surface area contributed by atoms with Gasteiger partial charge >= 0.3 is 0 Å². The highest BCUT2D eigenvalue weighted by Crippen LogP contribution is 2.17. The normalized spacial score (nSPS) is 10.1. The van der Waals surface area contributed by atoms with E-state index >= 15 is 0 Å². The van der Waals surface area contributed by atoms with E-state index in [0.717, 1.165) is 24.7 Å². The number of carbonyl (C=O) groups is 2. The third kappa shape index (κ3) is 4.95. The number of benzene rings is 2. The van der Waals surface area contributed by atoms with E-state index in [2.05, 4.69) is 12.2 Å². The molecular formula is C19H21NO3. The van der Waals surface area contributed by atoms with E-state index in [9.17, 15) is 9.59 Å². The second-order valence-corrected chi connectivity index (χ2v) is 5.25. The molecule has 1 amide bonds. The van der Waals surface area contributed by atoms with Crippen LogP contribution in [0.25, 0.3) is 0 Å². The molecule has 0 aromatic heterocycles. The molecular weight excluding hydrogens is 290 g/mol. The molecule has 120 valence electrons. The summed E-state index contributed by atoms with van der Waals surface area (Å²) in [5.74, 6) is 0.501. The maximum atomic E-state index is 11.9. The Kier molecular flexibility index (Phi) is 6.36. The number of rotatable bonds is 8. The van der Waals surface area contributed by atoms with Gasteiger partial charge in [-0.05, 0) is 36.2 Å². The highest BCUT2D eigenvalue weighted by Gasteiger charge is 2.05. The third-order valence-corrected chi connectivity index (χ3v) is 3.47. The second-order valence-electron chi connectivity index (χ2n) is 5.25. The van der Waals surface area contributed by atoms with Gasteiger partial charge < -0.3 is 10.1 Å². The number of para-hydroxylation sites is 1. The zero-order valence-electron chi connectivity index (χ0n) is 13.2. The van der Waals surface area contributed by atoms with Gasteiger partial charge in [-0.1, -0.05) is 37.6 Å². The Hall–Kier alpha value is -2.62. The minimum atomic E-state index is -0.0581. The molecule has 0 bridgehead atoms. The van der Waals surface area contributed by atoms with Crippen LogP contribution in [0.3, 0.4) is 0 Å². The van der Waals surface area contributed by atoms with Crippen LogP contribution in [0.15, 0.2) is 48.5 Å². The average Bonchev–Trinajstić information content (AvgIpc) is 2.60. The Morgan fingerprint density at radius 2 is 1.87 bits per heavy atom. The molecule has 0 heterocycles. The van der Waals surface area contributed by atoms with Crippen molar-refractivity contribution in [3.63, 3.8) is 0 Å². The van der Waals surface area contributed by atoms with Crippen LogP contribution in [0.2, 0.25) is 0 Å². The zero-order chi connectivity index (χ0) is 16.5. The van der Waals surface area contributed by atoms with Gasteiger partial charge in [0.15, 0.2) is 6.29 Å². The maximum Gasteiger partial charge on any atom is 0.251 e. The Bertz CT molecular complexity index is 650. The van der Waals surface area contributed by atoms with Crippen molar-refractivity contribution < 1.29 is 14.3 Å². The zero-order valence-corrected chi connectivity index (χ0v) is 13.2. The van der Waals surface area contributed by atoms with E-state index < -0.39 is 0 Å². The second kappa shape index (κ2) is 8.73. The lowest BCUT2D eigenvalue weighted by Gasteiger charge is -2.09. The van der Waals surface area contributed by atoms with Crippen LogP contribution in [0.1, 0.15) is 46.0 Å². The highest BCUT2D eigenvalue weighted by molar-refractivity contribution is 5.94. The number of amides is 1. The molecule has 0 saturated heterocycles. The fraction of sp³-hybridized carbons (Fsp3) is 0.263. The van der Waals surface area contributed by atoms with Crippen molar-refractivity contribution in [1.82, 2.24) is 5.32 Å². The van der Waals surface area contributed by atoms with E-state index in [4.69, 9.17) is 4.74 Å². The minimum Gasteiger partial charge on any atom is -0.488 e. The maximum absolute atomic E-state index is 11.9. The Labute approximate surface area is 136 Å². The van der Waals surface area contributed by atoms with Crippen molar-refractivity contribution in [2.75, 3.05) is 6.54 Å². The number of hydrogen-bond acceptors (Lipinski definition) is 3. The van der Waals surface area contributed by atoms with Crippen LogP contribution < -0.4 is 10.1 Å². The van der Waals surface area contributed by atoms with Crippen molar-refractivity contribution in [2.24, 2.45) is 0 Å². The van der Waals surface area contributed by atoms with Crippen LogP contribution in [-0.2, 0) is 6.61 Å². The molecule has 0 atom stereocenters. The lowest BCUT2D eigenvalue weighted by molar-refractivity contribution is 0.0952. The molecule has 2 aromatic rings. The minimum absolute atomic E-state index is 0.0581. The van der Waals surface area contributed by atoms with Gasteiger partial charge in [0, 0.05) is 12.1 Å². The van der Waals surface area contributed by atoms with E-state index in [0.29, 0.717) is 30.0 Å². The quantitative estimate of drug-likeness (QED) is 0.598. The van der Waals surface area contributed by atoms with Crippen molar-refractivity contribution in [3.8, 4) is 5.75 Å². The molecule has 0 fully saturated rings. The van der Waals surface area contributed by atoms with Crippen LogP contribution in [-0.4, -0.2) is 18.7 Å². The standard InChI is InChI=1S/C19H21NO3/c1-2-3-12-20-19(22)16-10-8-15(9-11-16)14-23-18-7-5-4-6-17(18)13-21/h4-11,13H,2-3,12,14H2,1H3,(H,20,22). The van der Waals surface area contributed by atoms with Crippen molar-refractivity contribution in [1.29, 1.82) is 0 Å². The lowest BCUT2D eigenvalue weighted by atomic mass is 10.1. The number of hydrogen-bond donors (Lipinski definition) is 1. The van der Waals surface area contributed by atoms with Crippen LogP contribution >= 0.6 is 0 Å². The van der Waals surface area contributed by atoms with E-state index in [1.807, 2.05) is 18.2 Å². The summed E-state index contributed by atoms with van der Waals surface area (Å²) in [6.07, 6.45) is 2.81. The van der Waals surface area contributed by atoms with Gasteiger partial charge in [0.1, 0.15) is 12.4 Å². The molecule has 0 aliphatic carbocycles. The first kappa shape index (κ1) is 16.7. The Morgan fingerprint density at radius 1 is 1.13 bits per heavy atom. The van der Waals surface area contributed by atoms with Crippen molar-refractivity contribution >= 4 is 12.2 Å². The molecule has 0 spiro atoms. The topological polar surface area (TPSA) is 55.4 Å². The summed E-state index contributed by atoms with van der Waals surface area (Å²) < 4.78 is 5.66. The molecule has 0 aliphatic heterocycles. The van der Waals surface area contributed by atoms with Gasteiger partial charge in [0.05, 0.1) is 5.56 Å². The van der Waals surface area contributed by atoms with E-state index in [-0.39, 0.29) is 5.91 Å². The predicted octanol–water partition coefficient (Wildman–Crippen LogP) is 3.61. The average molecular weight is 311 g/mol.